The summed E-state index contributed by atoms with van der Waals surface area (Å²) in [4.78, 5) is 12.9. The Kier molecular flexibility index (Phi) is 3.48. The van der Waals surface area contributed by atoms with Crippen LogP contribution in [0.5, 0.6) is 0 Å². The molecular weight excluding hydrogens is 250 g/mol. The zero-order chi connectivity index (χ0) is 13.8. The van der Waals surface area contributed by atoms with E-state index in [1.807, 2.05) is 42.5 Å². The molecule has 3 aromatic rings. The molecule has 3 rings (SSSR count). The molecule has 0 amide bonds. The van der Waals surface area contributed by atoms with Gasteiger partial charge in [0.2, 0.25) is 0 Å². The van der Waals surface area contributed by atoms with Crippen molar-refractivity contribution >= 4 is 0 Å². The van der Waals surface area contributed by atoms with Crippen molar-refractivity contribution in [2.75, 3.05) is 0 Å². The largest absolute Gasteiger partial charge is 0.380 e. The van der Waals surface area contributed by atoms with Gasteiger partial charge in [-0.15, -0.1) is 0 Å². The molecule has 0 fully saturated rings. The Morgan fingerprint density at radius 3 is 2.10 bits per heavy atom. The Labute approximate surface area is 116 Å². The van der Waals surface area contributed by atoms with Gasteiger partial charge in [0.05, 0.1) is 22.8 Å². The van der Waals surface area contributed by atoms with Crippen molar-refractivity contribution in [3.63, 3.8) is 0 Å². The third-order valence-electron chi connectivity index (χ3n) is 2.95. The van der Waals surface area contributed by atoms with E-state index in [-0.39, 0.29) is 0 Å². The van der Waals surface area contributed by atoms with Crippen molar-refractivity contribution in [3.05, 3.63) is 78.4 Å². The van der Waals surface area contributed by atoms with Gasteiger partial charge in [-0.1, -0.05) is 18.2 Å². The standard InChI is InChI=1S/C16H13N3O/c20-16(14-7-2-4-11-18-14)15-9-5-8-13(19-15)12-6-1-3-10-17-12/h1-11,16,20H. The van der Waals surface area contributed by atoms with Crippen LogP contribution in [0, 0.1) is 0 Å². The Bertz CT molecular complexity index is 686. The van der Waals surface area contributed by atoms with E-state index in [0.29, 0.717) is 11.4 Å². The van der Waals surface area contributed by atoms with Crippen molar-refractivity contribution in [3.8, 4) is 11.4 Å². The number of aliphatic hydroxyl groups excluding tert-OH is 1. The molecule has 1 unspecified atom stereocenters. The first-order valence-electron chi connectivity index (χ1n) is 6.32. The number of pyridine rings is 3. The van der Waals surface area contributed by atoms with Crippen molar-refractivity contribution in [1.82, 2.24) is 15.0 Å². The van der Waals surface area contributed by atoms with Gasteiger partial charge in [-0.25, -0.2) is 4.98 Å². The minimum atomic E-state index is -0.833. The van der Waals surface area contributed by atoms with E-state index >= 15 is 0 Å². The van der Waals surface area contributed by atoms with E-state index in [9.17, 15) is 5.11 Å². The fraction of sp³-hybridized carbons (Fsp3) is 0.0625. The summed E-state index contributed by atoms with van der Waals surface area (Å²) in [5, 5.41) is 10.3. The lowest BCUT2D eigenvalue weighted by Gasteiger charge is -2.10. The molecule has 0 bridgehead atoms. The smallest absolute Gasteiger partial charge is 0.138 e. The second-order valence-corrected chi connectivity index (χ2v) is 4.32. The van der Waals surface area contributed by atoms with Crippen LogP contribution in [-0.4, -0.2) is 20.1 Å². The van der Waals surface area contributed by atoms with Gasteiger partial charge in [0.15, 0.2) is 0 Å². The van der Waals surface area contributed by atoms with Crippen LogP contribution in [0.15, 0.2) is 67.0 Å². The zero-order valence-corrected chi connectivity index (χ0v) is 10.7. The van der Waals surface area contributed by atoms with Crippen LogP contribution >= 0.6 is 0 Å². The van der Waals surface area contributed by atoms with Crippen LogP contribution in [0.25, 0.3) is 11.4 Å². The van der Waals surface area contributed by atoms with E-state index in [2.05, 4.69) is 15.0 Å². The Hall–Kier alpha value is -2.59. The van der Waals surface area contributed by atoms with Crippen LogP contribution in [0.3, 0.4) is 0 Å². The molecular formula is C16H13N3O. The summed E-state index contributed by atoms with van der Waals surface area (Å²) in [6.45, 7) is 0. The van der Waals surface area contributed by atoms with Gasteiger partial charge in [-0.3, -0.25) is 9.97 Å². The Morgan fingerprint density at radius 1 is 0.700 bits per heavy atom. The topological polar surface area (TPSA) is 58.9 Å². The van der Waals surface area contributed by atoms with Gasteiger partial charge in [0.1, 0.15) is 6.10 Å². The zero-order valence-electron chi connectivity index (χ0n) is 10.7. The van der Waals surface area contributed by atoms with E-state index in [4.69, 9.17) is 0 Å². The summed E-state index contributed by atoms with van der Waals surface area (Å²) in [7, 11) is 0. The highest BCUT2D eigenvalue weighted by molar-refractivity contribution is 5.53. The van der Waals surface area contributed by atoms with Crippen LogP contribution in [-0.2, 0) is 0 Å². The molecule has 20 heavy (non-hydrogen) atoms. The first-order valence-corrected chi connectivity index (χ1v) is 6.32. The molecule has 4 nitrogen and oxygen atoms in total. The molecule has 0 aliphatic heterocycles. The Balaban J connectivity index is 1.96. The molecule has 0 radical (unpaired) electrons. The van der Waals surface area contributed by atoms with E-state index in [0.717, 1.165) is 11.4 Å². The monoisotopic (exact) mass is 263 g/mol. The van der Waals surface area contributed by atoms with E-state index in [1.165, 1.54) is 0 Å². The third kappa shape index (κ3) is 2.55. The number of rotatable bonds is 3. The van der Waals surface area contributed by atoms with Gasteiger partial charge in [0.25, 0.3) is 0 Å². The molecule has 4 heteroatoms. The quantitative estimate of drug-likeness (QED) is 0.789. The molecule has 1 atom stereocenters. The predicted octanol–water partition coefficient (Wildman–Crippen LogP) is 2.62. The fourth-order valence-corrected chi connectivity index (χ4v) is 1.95. The summed E-state index contributed by atoms with van der Waals surface area (Å²) < 4.78 is 0. The summed E-state index contributed by atoms with van der Waals surface area (Å²) >= 11 is 0. The minimum Gasteiger partial charge on any atom is -0.380 e. The lowest BCUT2D eigenvalue weighted by molar-refractivity contribution is 0.210. The molecule has 0 aromatic carbocycles. The highest BCUT2D eigenvalue weighted by Gasteiger charge is 2.13. The van der Waals surface area contributed by atoms with Gasteiger partial charge in [-0.05, 0) is 36.4 Å². The highest BCUT2D eigenvalue weighted by atomic mass is 16.3. The first kappa shape index (κ1) is 12.4. The molecule has 98 valence electrons. The van der Waals surface area contributed by atoms with Gasteiger partial charge in [0, 0.05) is 12.4 Å². The second-order valence-electron chi connectivity index (χ2n) is 4.32. The fourth-order valence-electron chi connectivity index (χ4n) is 1.95. The van der Waals surface area contributed by atoms with E-state index < -0.39 is 6.10 Å². The van der Waals surface area contributed by atoms with Crippen molar-refractivity contribution in [1.29, 1.82) is 0 Å². The number of aliphatic hydroxyl groups is 1. The van der Waals surface area contributed by atoms with Crippen molar-refractivity contribution in [2.45, 2.75) is 6.10 Å². The minimum absolute atomic E-state index is 0.562. The summed E-state index contributed by atoms with van der Waals surface area (Å²) in [5.41, 5.74) is 2.66. The van der Waals surface area contributed by atoms with Crippen molar-refractivity contribution < 1.29 is 5.11 Å². The normalized spacial score (nSPS) is 12.1. The van der Waals surface area contributed by atoms with Gasteiger partial charge >= 0.3 is 0 Å². The molecule has 0 aliphatic carbocycles. The summed E-state index contributed by atoms with van der Waals surface area (Å²) in [6, 6.07) is 16.6. The molecule has 0 spiro atoms. The molecule has 0 saturated heterocycles. The summed E-state index contributed by atoms with van der Waals surface area (Å²) in [6.07, 6.45) is 2.54. The van der Waals surface area contributed by atoms with Crippen molar-refractivity contribution in [2.24, 2.45) is 0 Å². The summed E-state index contributed by atoms with van der Waals surface area (Å²) in [5.74, 6) is 0. The molecule has 0 saturated carbocycles. The average Bonchev–Trinajstić information content (AvgIpc) is 2.56. The third-order valence-corrected chi connectivity index (χ3v) is 2.95. The van der Waals surface area contributed by atoms with E-state index in [1.54, 1.807) is 24.5 Å². The maximum atomic E-state index is 10.3. The maximum Gasteiger partial charge on any atom is 0.138 e. The van der Waals surface area contributed by atoms with Gasteiger partial charge < -0.3 is 5.11 Å². The van der Waals surface area contributed by atoms with Crippen LogP contribution in [0.1, 0.15) is 17.5 Å². The highest BCUT2D eigenvalue weighted by Crippen LogP contribution is 2.21. The number of hydrogen-bond donors (Lipinski definition) is 1. The van der Waals surface area contributed by atoms with Crippen LogP contribution in [0.4, 0.5) is 0 Å². The molecule has 1 N–H and O–H groups in total. The molecule has 3 heterocycles. The molecule has 3 aromatic heterocycles. The lowest BCUT2D eigenvalue weighted by atomic mass is 10.1. The maximum absolute atomic E-state index is 10.3. The number of nitrogens with zero attached hydrogens (tertiary/aromatic N) is 3. The van der Waals surface area contributed by atoms with Crippen LogP contribution < -0.4 is 0 Å². The lowest BCUT2D eigenvalue weighted by Crippen LogP contribution is -2.04. The SMILES string of the molecule is OC(c1ccccn1)c1cccc(-c2ccccn2)n1. The predicted molar refractivity (Wildman–Crippen MR) is 75.8 cm³/mol. The second kappa shape index (κ2) is 5.59. The molecule has 0 aliphatic rings. The van der Waals surface area contributed by atoms with Crippen LogP contribution in [0.2, 0.25) is 0 Å². The van der Waals surface area contributed by atoms with Gasteiger partial charge in [-0.2, -0.15) is 0 Å². The Morgan fingerprint density at radius 2 is 1.40 bits per heavy atom. The first-order chi connectivity index (χ1) is 9.84. The number of aromatic nitrogens is 3. The average molecular weight is 263 g/mol. The number of hydrogen-bond acceptors (Lipinski definition) is 4.